The molecule has 2 unspecified atom stereocenters. The molecule has 0 bridgehead atoms. The van der Waals surface area contributed by atoms with Crippen LogP contribution in [0.4, 0.5) is 5.69 Å². The van der Waals surface area contributed by atoms with Crippen molar-refractivity contribution in [2.24, 2.45) is 0 Å². The summed E-state index contributed by atoms with van der Waals surface area (Å²) < 4.78 is 0.966. The van der Waals surface area contributed by atoms with Crippen LogP contribution in [0, 0.1) is 10.7 Å². The summed E-state index contributed by atoms with van der Waals surface area (Å²) in [5.41, 5.74) is 8.68. The van der Waals surface area contributed by atoms with Crippen molar-refractivity contribution < 1.29 is 34.8 Å². The van der Waals surface area contributed by atoms with Crippen LogP contribution < -0.4 is 16.5 Å². The molecule has 14 heteroatoms. The summed E-state index contributed by atoms with van der Waals surface area (Å²) in [7, 11) is 0. The number of hydrogen-bond donors (Lipinski definition) is 7. The first-order valence-electron chi connectivity index (χ1n) is 8.37. The normalized spacial score (nSPS) is 12.8. The fourth-order valence-electron chi connectivity index (χ4n) is 2.21. The van der Waals surface area contributed by atoms with Gasteiger partial charge in [-0.2, -0.15) is 0 Å². The number of halogens is 3. The van der Waals surface area contributed by atoms with Crippen LogP contribution in [0.25, 0.3) is 0 Å². The number of aliphatic hydroxyl groups excluding tert-OH is 4. The lowest BCUT2D eigenvalue weighted by molar-refractivity contribution is -0.123. The van der Waals surface area contributed by atoms with Gasteiger partial charge in [-0.05, 0) is 67.8 Å². The summed E-state index contributed by atoms with van der Waals surface area (Å²) in [6.07, 6.45) is -2.46. The number of aliphatic hydroxyl groups is 4. The van der Waals surface area contributed by atoms with Crippen LogP contribution >= 0.6 is 67.8 Å². The lowest BCUT2D eigenvalue weighted by Crippen LogP contribution is -2.50. The minimum absolute atomic E-state index is 0.0286. The van der Waals surface area contributed by atoms with E-state index in [4.69, 9.17) is 15.9 Å². The number of nitrogen functional groups attached to an aromatic ring is 1. The fraction of sp³-hybridized carbons (Fsp3) is 0.438. The molecule has 0 aliphatic heterocycles. The highest BCUT2D eigenvalue weighted by molar-refractivity contribution is 14.1. The van der Waals surface area contributed by atoms with E-state index < -0.39 is 49.7 Å². The average molecular weight is 762 g/mol. The molecule has 0 radical (unpaired) electrons. The Morgan fingerprint density at radius 1 is 1.00 bits per heavy atom. The van der Waals surface area contributed by atoms with E-state index in [2.05, 4.69) is 10.7 Å². The molecule has 3 amide bonds. The van der Waals surface area contributed by atoms with Crippen LogP contribution in [-0.2, 0) is 4.79 Å². The number of hydrazine groups is 1. The first-order valence-corrected chi connectivity index (χ1v) is 11.6. The number of nitrogens with one attached hydrogen (secondary N) is 2. The molecular formula is C16H21I3N4O7. The maximum Gasteiger partial charge on any atom is 0.274 e. The Kier molecular flexibility index (Phi) is 11.4. The first kappa shape index (κ1) is 27.5. The molecule has 0 saturated carbocycles. The van der Waals surface area contributed by atoms with E-state index in [-0.39, 0.29) is 26.9 Å². The second-order valence-corrected chi connectivity index (χ2v) is 9.31. The van der Waals surface area contributed by atoms with Gasteiger partial charge in [0, 0.05) is 17.0 Å². The molecule has 2 atom stereocenters. The van der Waals surface area contributed by atoms with E-state index in [1.54, 1.807) is 22.6 Å². The van der Waals surface area contributed by atoms with Crippen molar-refractivity contribution in [1.82, 2.24) is 15.8 Å². The van der Waals surface area contributed by atoms with E-state index in [0.29, 0.717) is 7.14 Å². The molecule has 0 spiro atoms. The molecule has 0 heterocycles. The van der Waals surface area contributed by atoms with Gasteiger partial charge in [-0.15, -0.1) is 0 Å². The van der Waals surface area contributed by atoms with Crippen LogP contribution in [0.1, 0.15) is 27.6 Å². The van der Waals surface area contributed by atoms with Gasteiger partial charge in [0.2, 0.25) is 5.91 Å². The Hall–Kier alpha value is -0.540. The molecule has 0 aliphatic carbocycles. The van der Waals surface area contributed by atoms with Crippen molar-refractivity contribution in [1.29, 1.82) is 0 Å². The highest BCUT2D eigenvalue weighted by Crippen LogP contribution is 2.34. The molecule has 30 heavy (non-hydrogen) atoms. The van der Waals surface area contributed by atoms with Crippen molar-refractivity contribution >= 4 is 91.2 Å². The van der Waals surface area contributed by atoms with Gasteiger partial charge in [-0.3, -0.25) is 19.8 Å². The Morgan fingerprint density at radius 2 is 1.53 bits per heavy atom. The molecule has 168 valence electrons. The molecule has 8 N–H and O–H groups in total. The van der Waals surface area contributed by atoms with Crippen LogP contribution in [0.2, 0.25) is 0 Å². The Bertz CT molecular complexity index is 825. The predicted octanol–water partition coefficient (Wildman–Crippen LogP) is -0.988. The highest BCUT2D eigenvalue weighted by atomic mass is 127. The third-order valence-electron chi connectivity index (χ3n) is 3.64. The maximum absolute atomic E-state index is 13.2. The minimum atomic E-state index is -1.31. The van der Waals surface area contributed by atoms with Gasteiger partial charge in [-0.25, -0.2) is 5.01 Å². The Labute approximate surface area is 213 Å². The average Bonchev–Trinajstić information content (AvgIpc) is 2.69. The maximum atomic E-state index is 13.2. The van der Waals surface area contributed by atoms with Crippen LogP contribution in [0.15, 0.2) is 0 Å². The van der Waals surface area contributed by atoms with E-state index in [1.165, 1.54) is 6.92 Å². The van der Waals surface area contributed by atoms with E-state index in [9.17, 15) is 24.6 Å². The van der Waals surface area contributed by atoms with Gasteiger partial charge >= 0.3 is 0 Å². The van der Waals surface area contributed by atoms with Gasteiger partial charge < -0.3 is 31.5 Å². The van der Waals surface area contributed by atoms with Crippen molar-refractivity contribution in [2.45, 2.75) is 19.1 Å². The van der Waals surface area contributed by atoms with Gasteiger partial charge in [-0.1, -0.05) is 0 Å². The van der Waals surface area contributed by atoms with Gasteiger partial charge in [0.1, 0.15) is 0 Å². The summed E-state index contributed by atoms with van der Waals surface area (Å²) in [5, 5.41) is 40.5. The van der Waals surface area contributed by atoms with Crippen molar-refractivity contribution in [3.63, 3.8) is 0 Å². The Morgan fingerprint density at radius 3 is 2.03 bits per heavy atom. The van der Waals surface area contributed by atoms with E-state index >= 15 is 0 Å². The Balaban J connectivity index is 3.46. The highest BCUT2D eigenvalue weighted by Gasteiger charge is 2.30. The summed E-state index contributed by atoms with van der Waals surface area (Å²) in [4.78, 5) is 37.4. The molecule has 1 rings (SSSR count). The molecule has 1 aromatic rings. The molecule has 0 fully saturated rings. The number of carbonyl (C=O) groups excluding carboxylic acids is 3. The number of hydrogen-bond acceptors (Lipinski definition) is 8. The number of nitrogens with two attached hydrogens (primary N) is 1. The van der Waals surface area contributed by atoms with E-state index in [0.717, 1.165) is 5.01 Å². The predicted molar refractivity (Wildman–Crippen MR) is 132 cm³/mol. The molecule has 1 aromatic carbocycles. The van der Waals surface area contributed by atoms with Crippen molar-refractivity contribution in [2.75, 3.05) is 32.0 Å². The molecule has 0 saturated heterocycles. The smallest absolute Gasteiger partial charge is 0.274 e. The third kappa shape index (κ3) is 6.99. The molecular weight excluding hydrogens is 741 g/mol. The van der Waals surface area contributed by atoms with Crippen molar-refractivity contribution in [3.8, 4) is 0 Å². The number of rotatable bonds is 8. The number of anilines is 1. The van der Waals surface area contributed by atoms with Gasteiger partial charge in [0.15, 0.2) is 0 Å². The molecule has 0 aliphatic rings. The van der Waals surface area contributed by atoms with Crippen LogP contribution in [0.5, 0.6) is 0 Å². The number of nitrogens with zero attached hydrogens (tertiary/aromatic N) is 1. The summed E-state index contributed by atoms with van der Waals surface area (Å²) in [6, 6.07) is 0. The van der Waals surface area contributed by atoms with Crippen LogP contribution in [-0.4, -0.2) is 81.7 Å². The zero-order valence-electron chi connectivity index (χ0n) is 15.7. The lowest BCUT2D eigenvalue weighted by atomic mass is 10.1. The second-order valence-electron chi connectivity index (χ2n) is 6.07. The summed E-state index contributed by atoms with van der Waals surface area (Å²) >= 11 is 5.52. The SMILES string of the molecule is CC(=O)NN(CC(O)CO)C(=O)c1c(I)c(N)c(I)c(C(=O)NCC(O)CO)c1I. The summed E-state index contributed by atoms with van der Waals surface area (Å²) in [6.45, 7) is -0.594. The van der Waals surface area contributed by atoms with Crippen LogP contribution in [0.3, 0.4) is 0 Å². The van der Waals surface area contributed by atoms with Gasteiger partial charge in [0.25, 0.3) is 11.8 Å². The summed E-state index contributed by atoms with van der Waals surface area (Å²) in [5.74, 6) is -1.93. The first-order chi connectivity index (χ1) is 14.0. The van der Waals surface area contributed by atoms with E-state index in [1.807, 2.05) is 45.2 Å². The molecule has 11 nitrogen and oxygen atoms in total. The fourth-order valence-corrected chi connectivity index (χ4v) is 6.32. The zero-order chi connectivity index (χ0) is 23.2. The quantitative estimate of drug-likeness (QED) is 0.100. The standard InChI is InChI=1S/C16H21I3N4O7/c1-6(26)22-23(3-8(28)5-25)16(30)10-11(17)9(12(18)14(20)13(10)19)15(29)21-2-7(27)4-24/h7-8,24-25,27-28H,2-5,20H2,1H3,(H,21,29)(H,22,26). The largest absolute Gasteiger partial charge is 0.397 e. The topological polar surface area (TPSA) is 185 Å². The third-order valence-corrected chi connectivity index (χ3v) is 6.96. The van der Waals surface area contributed by atoms with Crippen molar-refractivity contribution in [3.05, 3.63) is 21.8 Å². The molecule has 0 aromatic heterocycles. The number of amides is 3. The zero-order valence-corrected chi connectivity index (χ0v) is 22.1. The second kappa shape index (κ2) is 12.5. The lowest BCUT2D eigenvalue weighted by Gasteiger charge is -2.26. The monoisotopic (exact) mass is 762 g/mol. The number of benzene rings is 1. The number of carbonyl (C=O) groups is 3. The minimum Gasteiger partial charge on any atom is -0.397 e. The van der Waals surface area contributed by atoms with Gasteiger partial charge in [0.05, 0.1) is 55.9 Å².